The minimum atomic E-state index is -0.406. The quantitative estimate of drug-likeness (QED) is 0.621. The Morgan fingerprint density at radius 2 is 2.13 bits per heavy atom. The molecular weight excluding hydrogens is 303 g/mol. The van der Waals surface area contributed by atoms with Crippen LogP contribution in [0.3, 0.4) is 0 Å². The number of alkyl halides is 1. The number of hydrogen-bond acceptors (Lipinski definition) is 2. The number of rotatable bonds is 3. The van der Waals surface area contributed by atoms with E-state index in [1.807, 2.05) is 0 Å². The molecule has 0 amide bonds. The van der Waals surface area contributed by atoms with Gasteiger partial charge in [0.2, 0.25) is 0 Å². The molecule has 0 atom stereocenters. The lowest BCUT2D eigenvalue weighted by Crippen LogP contribution is -2.08. The molecule has 0 bridgehead atoms. The van der Waals surface area contributed by atoms with E-state index in [1.165, 1.54) is 0 Å². The molecule has 0 saturated carbocycles. The Bertz CT molecular complexity index is 380. The molecule has 0 aliphatic carbocycles. The Kier molecular flexibility index (Phi) is 4.90. The standard InChI is InChI=1S/C10H9BrCl2O2/c1-2-15-10(14)7-3-6(12)4-9(13)8(7)5-11/h3-4H,2,5H2,1H3. The molecule has 0 saturated heterocycles. The van der Waals surface area contributed by atoms with E-state index < -0.39 is 5.97 Å². The first kappa shape index (κ1) is 12.8. The van der Waals surface area contributed by atoms with E-state index in [2.05, 4.69) is 15.9 Å². The van der Waals surface area contributed by atoms with Gasteiger partial charge in [0.15, 0.2) is 0 Å². The van der Waals surface area contributed by atoms with Gasteiger partial charge < -0.3 is 4.74 Å². The monoisotopic (exact) mass is 310 g/mol. The average molecular weight is 312 g/mol. The topological polar surface area (TPSA) is 26.3 Å². The third-order valence-corrected chi connectivity index (χ3v) is 2.91. The summed E-state index contributed by atoms with van der Waals surface area (Å²) in [6, 6.07) is 3.16. The molecule has 1 aromatic rings. The molecule has 82 valence electrons. The molecule has 0 spiro atoms. The second-order valence-corrected chi connectivity index (χ2v) is 4.17. The van der Waals surface area contributed by atoms with Crippen molar-refractivity contribution in [2.24, 2.45) is 0 Å². The van der Waals surface area contributed by atoms with Crippen LogP contribution >= 0.6 is 39.1 Å². The van der Waals surface area contributed by atoms with Gasteiger partial charge in [0.25, 0.3) is 0 Å². The highest BCUT2D eigenvalue weighted by atomic mass is 79.9. The van der Waals surface area contributed by atoms with Crippen molar-refractivity contribution in [2.45, 2.75) is 12.3 Å². The summed E-state index contributed by atoms with van der Waals surface area (Å²) in [5.41, 5.74) is 1.10. The van der Waals surface area contributed by atoms with Crippen LogP contribution in [-0.2, 0) is 10.1 Å². The zero-order chi connectivity index (χ0) is 11.4. The first-order valence-electron chi connectivity index (χ1n) is 4.31. The molecule has 0 aromatic heterocycles. The summed E-state index contributed by atoms with van der Waals surface area (Å²) in [5, 5.41) is 1.37. The van der Waals surface area contributed by atoms with Crippen molar-refractivity contribution >= 4 is 45.1 Å². The van der Waals surface area contributed by atoms with Crippen LogP contribution in [0.5, 0.6) is 0 Å². The van der Waals surface area contributed by atoms with Crippen LogP contribution in [0.25, 0.3) is 0 Å². The molecule has 0 aliphatic rings. The minimum Gasteiger partial charge on any atom is -0.462 e. The van der Waals surface area contributed by atoms with Crippen LogP contribution in [0.2, 0.25) is 10.0 Å². The van der Waals surface area contributed by atoms with Gasteiger partial charge in [0, 0.05) is 15.4 Å². The molecule has 2 nitrogen and oxygen atoms in total. The number of hydrogen-bond donors (Lipinski definition) is 0. The first-order chi connectivity index (χ1) is 7.10. The highest BCUT2D eigenvalue weighted by Crippen LogP contribution is 2.27. The molecule has 15 heavy (non-hydrogen) atoms. The molecule has 5 heteroatoms. The average Bonchev–Trinajstić information content (AvgIpc) is 2.17. The molecule has 0 aliphatic heterocycles. The van der Waals surface area contributed by atoms with Crippen LogP contribution in [0.1, 0.15) is 22.8 Å². The lowest BCUT2D eigenvalue weighted by atomic mass is 10.1. The number of carbonyl (C=O) groups is 1. The molecule has 0 radical (unpaired) electrons. The highest BCUT2D eigenvalue weighted by molar-refractivity contribution is 9.08. The van der Waals surface area contributed by atoms with E-state index in [4.69, 9.17) is 27.9 Å². The summed E-state index contributed by atoms with van der Waals surface area (Å²) in [5.74, 6) is -0.406. The molecule has 1 rings (SSSR count). The van der Waals surface area contributed by atoms with Crippen molar-refractivity contribution < 1.29 is 9.53 Å². The minimum absolute atomic E-state index is 0.324. The Morgan fingerprint density at radius 1 is 1.47 bits per heavy atom. The second-order valence-electron chi connectivity index (χ2n) is 2.77. The smallest absolute Gasteiger partial charge is 0.338 e. The van der Waals surface area contributed by atoms with Crippen molar-refractivity contribution in [1.29, 1.82) is 0 Å². The van der Waals surface area contributed by atoms with Gasteiger partial charge in [-0.1, -0.05) is 39.1 Å². The lowest BCUT2D eigenvalue weighted by Gasteiger charge is -2.09. The number of halogens is 3. The van der Waals surface area contributed by atoms with Crippen molar-refractivity contribution in [3.63, 3.8) is 0 Å². The van der Waals surface area contributed by atoms with Crippen molar-refractivity contribution in [3.8, 4) is 0 Å². The highest BCUT2D eigenvalue weighted by Gasteiger charge is 2.15. The summed E-state index contributed by atoms with van der Waals surface area (Å²) in [6.07, 6.45) is 0. The van der Waals surface area contributed by atoms with Crippen molar-refractivity contribution in [2.75, 3.05) is 6.61 Å². The van der Waals surface area contributed by atoms with E-state index in [1.54, 1.807) is 19.1 Å². The summed E-state index contributed by atoms with van der Waals surface area (Å²) in [4.78, 5) is 11.6. The van der Waals surface area contributed by atoms with E-state index in [9.17, 15) is 4.79 Å². The summed E-state index contributed by atoms with van der Waals surface area (Å²) >= 11 is 15.0. The van der Waals surface area contributed by atoms with Crippen LogP contribution in [-0.4, -0.2) is 12.6 Å². The van der Waals surface area contributed by atoms with E-state index in [0.29, 0.717) is 33.1 Å². The molecule has 0 heterocycles. The zero-order valence-electron chi connectivity index (χ0n) is 8.02. The Balaban J connectivity index is 3.20. The van der Waals surface area contributed by atoms with Crippen LogP contribution in [0.15, 0.2) is 12.1 Å². The van der Waals surface area contributed by atoms with Gasteiger partial charge in [-0.3, -0.25) is 0 Å². The van der Waals surface area contributed by atoms with Gasteiger partial charge >= 0.3 is 5.97 Å². The van der Waals surface area contributed by atoms with Gasteiger partial charge in [-0.15, -0.1) is 0 Å². The van der Waals surface area contributed by atoms with Gasteiger partial charge in [-0.2, -0.15) is 0 Å². The fraction of sp³-hybridized carbons (Fsp3) is 0.300. The second kappa shape index (κ2) is 5.73. The predicted octanol–water partition coefficient (Wildman–Crippen LogP) is 4.07. The molecule has 1 aromatic carbocycles. The Labute approximate surface area is 107 Å². The number of ether oxygens (including phenoxy) is 1. The van der Waals surface area contributed by atoms with E-state index in [0.717, 1.165) is 0 Å². The third-order valence-electron chi connectivity index (χ3n) is 1.79. The number of carbonyl (C=O) groups excluding carboxylic acids is 1. The Morgan fingerprint density at radius 3 is 2.67 bits per heavy atom. The first-order valence-corrected chi connectivity index (χ1v) is 6.18. The Hall–Kier alpha value is -0.250. The van der Waals surface area contributed by atoms with Crippen molar-refractivity contribution in [1.82, 2.24) is 0 Å². The number of esters is 1. The molecule has 0 fully saturated rings. The maximum atomic E-state index is 11.6. The zero-order valence-corrected chi connectivity index (χ0v) is 11.1. The van der Waals surface area contributed by atoms with Crippen LogP contribution < -0.4 is 0 Å². The van der Waals surface area contributed by atoms with Crippen LogP contribution in [0.4, 0.5) is 0 Å². The third kappa shape index (κ3) is 3.10. The van der Waals surface area contributed by atoms with E-state index >= 15 is 0 Å². The fourth-order valence-electron chi connectivity index (χ4n) is 1.13. The van der Waals surface area contributed by atoms with E-state index in [-0.39, 0.29) is 0 Å². The van der Waals surface area contributed by atoms with Crippen LogP contribution in [0, 0.1) is 0 Å². The normalized spacial score (nSPS) is 10.1. The maximum Gasteiger partial charge on any atom is 0.338 e. The predicted molar refractivity (Wildman–Crippen MR) is 65.0 cm³/mol. The fourth-order valence-corrected chi connectivity index (χ4v) is 2.46. The SMILES string of the molecule is CCOC(=O)c1cc(Cl)cc(Cl)c1CBr. The summed E-state index contributed by atoms with van der Waals surface area (Å²) in [6.45, 7) is 2.07. The van der Waals surface area contributed by atoms with Gasteiger partial charge in [-0.25, -0.2) is 4.79 Å². The maximum absolute atomic E-state index is 11.6. The summed E-state index contributed by atoms with van der Waals surface area (Å²) in [7, 11) is 0. The van der Waals surface area contributed by atoms with Gasteiger partial charge in [0.1, 0.15) is 0 Å². The largest absolute Gasteiger partial charge is 0.462 e. The van der Waals surface area contributed by atoms with Gasteiger partial charge in [-0.05, 0) is 24.6 Å². The van der Waals surface area contributed by atoms with Crippen molar-refractivity contribution in [3.05, 3.63) is 33.3 Å². The molecule has 0 N–H and O–H groups in total. The molecular formula is C10H9BrCl2O2. The van der Waals surface area contributed by atoms with Gasteiger partial charge in [0.05, 0.1) is 12.2 Å². The number of benzene rings is 1. The summed E-state index contributed by atoms with van der Waals surface area (Å²) < 4.78 is 4.90. The lowest BCUT2D eigenvalue weighted by molar-refractivity contribution is 0.0525. The molecule has 0 unspecified atom stereocenters.